The van der Waals surface area contributed by atoms with Crippen LogP contribution >= 0.6 is 0 Å². The molecule has 3 nitrogen and oxygen atoms in total. The maximum absolute atomic E-state index is 11.3. The molecule has 0 aromatic heterocycles. The third-order valence-electron chi connectivity index (χ3n) is 7.75. The molecule has 2 fully saturated rings. The lowest BCUT2D eigenvalue weighted by atomic mass is 9.49. The van der Waals surface area contributed by atoms with Gasteiger partial charge in [-0.3, -0.25) is 4.79 Å². The van der Waals surface area contributed by atoms with Crippen LogP contribution in [0.25, 0.3) is 0 Å². The van der Waals surface area contributed by atoms with Gasteiger partial charge in [-0.2, -0.15) is 0 Å². The number of hydrogen-bond donors (Lipinski definition) is 1. The van der Waals surface area contributed by atoms with Gasteiger partial charge in [0.2, 0.25) is 0 Å². The van der Waals surface area contributed by atoms with Crippen LogP contribution in [0.1, 0.15) is 65.7 Å². The first-order chi connectivity index (χ1) is 11.3. The number of allylic oxidation sites excluding steroid dienone is 1. The van der Waals surface area contributed by atoms with E-state index in [1.54, 1.807) is 0 Å². The number of carbonyl (C=O) groups is 1. The largest absolute Gasteiger partial charge is 0.462 e. The van der Waals surface area contributed by atoms with Crippen LogP contribution in [0.15, 0.2) is 23.3 Å². The fourth-order valence-electron chi connectivity index (χ4n) is 6.28. The normalized spacial score (nSPS) is 47.0. The first-order valence-electron chi connectivity index (χ1n) is 9.60. The molecule has 132 valence electrons. The summed E-state index contributed by atoms with van der Waals surface area (Å²) in [5, 5.41) is 10.5. The molecule has 4 aliphatic carbocycles. The molecule has 0 aromatic rings. The van der Waals surface area contributed by atoms with E-state index < -0.39 is 0 Å². The third kappa shape index (κ3) is 2.23. The molecular weight excluding hydrogens is 300 g/mol. The topological polar surface area (TPSA) is 46.5 Å². The number of esters is 1. The fourth-order valence-corrected chi connectivity index (χ4v) is 6.28. The van der Waals surface area contributed by atoms with Crippen molar-refractivity contribution < 1.29 is 14.6 Å². The number of aliphatic hydroxyl groups excluding tert-OH is 1. The highest BCUT2D eigenvalue weighted by molar-refractivity contribution is 5.66. The first kappa shape index (κ1) is 16.4. The molecule has 0 spiro atoms. The summed E-state index contributed by atoms with van der Waals surface area (Å²) < 4.78 is 5.50. The third-order valence-corrected chi connectivity index (χ3v) is 7.75. The zero-order chi connectivity index (χ0) is 17.1. The van der Waals surface area contributed by atoms with E-state index in [-0.39, 0.29) is 29.0 Å². The lowest BCUT2D eigenvalue weighted by molar-refractivity contribution is -0.148. The summed E-state index contributed by atoms with van der Waals surface area (Å²) in [5.41, 5.74) is 3.31. The van der Waals surface area contributed by atoms with Gasteiger partial charge in [0.1, 0.15) is 6.10 Å². The first-order valence-corrected chi connectivity index (χ1v) is 9.60. The number of ether oxygens (including phenoxy) is 1. The summed E-state index contributed by atoms with van der Waals surface area (Å²) in [4.78, 5) is 11.3. The zero-order valence-electron chi connectivity index (χ0n) is 15.2. The second kappa shape index (κ2) is 5.45. The molecule has 3 heteroatoms. The highest BCUT2D eigenvalue weighted by Gasteiger charge is 2.55. The van der Waals surface area contributed by atoms with E-state index in [0.29, 0.717) is 11.8 Å². The van der Waals surface area contributed by atoms with E-state index in [1.165, 1.54) is 24.5 Å². The van der Waals surface area contributed by atoms with Gasteiger partial charge in [0.15, 0.2) is 0 Å². The summed E-state index contributed by atoms with van der Waals surface area (Å²) in [7, 11) is 0. The van der Waals surface area contributed by atoms with Crippen molar-refractivity contribution in [3.05, 3.63) is 23.3 Å². The molecule has 4 aliphatic rings. The summed E-state index contributed by atoms with van der Waals surface area (Å²) in [6.07, 6.45) is 11.9. The molecule has 0 aliphatic heterocycles. The maximum atomic E-state index is 11.3. The van der Waals surface area contributed by atoms with E-state index in [2.05, 4.69) is 26.0 Å². The molecular formula is C21H30O3. The Balaban J connectivity index is 1.61. The number of hydrogen-bond acceptors (Lipinski definition) is 3. The van der Waals surface area contributed by atoms with E-state index in [0.717, 1.165) is 38.5 Å². The predicted octanol–water partition coefficient (Wildman–Crippen LogP) is 4.16. The summed E-state index contributed by atoms with van der Waals surface area (Å²) in [6, 6.07) is 0. The van der Waals surface area contributed by atoms with E-state index >= 15 is 0 Å². The summed E-state index contributed by atoms with van der Waals surface area (Å²) in [5.74, 6) is 1.12. The molecule has 0 heterocycles. The van der Waals surface area contributed by atoms with Gasteiger partial charge in [0.05, 0.1) is 6.10 Å². The Morgan fingerprint density at radius 3 is 2.67 bits per heavy atom. The monoisotopic (exact) mass is 330 g/mol. The van der Waals surface area contributed by atoms with Crippen molar-refractivity contribution in [1.82, 2.24) is 0 Å². The van der Waals surface area contributed by atoms with Crippen LogP contribution in [0.4, 0.5) is 0 Å². The molecule has 0 saturated heterocycles. The molecule has 24 heavy (non-hydrogen) atoms. The Morgan fingerprint density at radius 1 is 1.17 bits per heavy atom. The maximum Gasteiger partial charge on any atom is 0.302 e. The van der Waals surface area contributed by atoms with Crippen molar-refractivity contribution >= 4 is 5.97 Å². The van der Waals surface area contributed by atoms with Gasteiger partial charge in [0.25, 0.3) is 0 Å². The summed E-state index contributed by atoms with van der Waals surface area (Å²) in [6.45, 7) is 6.22. The Kier molecular flexibility index (Phi) is 3.72. The minimum atomic E-state index is -0.189. The van der Waals surface area contributed by atoms with Crippen LogP contribution in [-0.2, 0) is 9.53 Å². The molecule has 4 rings (SSSR count). The number of fused-ring (bicyclic) bond motifs is 5. The Morgan fingerprint density at radius 2 is 1.92 bits per heavy atom. The molecule has 0 radical (unpaired) electrons. The minimum Gasteiger partial charge on any atom is -0.462 e. The lowest BCUT2D eigenvalue weighted by Gasteiger charge is -2.56. The molecule has 4 unspecified atom stereocenters. The highest BCUT2D eigenvalue weighted by Crippen LogP contribution is 2.63. The Bertz CT molecular complexity index is 619. The van der Waals surface area contributed by atoms with Crippen molar-refractivity contribution in [2.45, 2.75) is 77.9 Å². The van der Waals surface area contributed by atoms with Gasteiger partial charge in [-0.05, 0) is 55.8 Å². The van der Waals surface area contributed by atoms with Gasteiger partial charge >= 0.3 is 5.97 Å². The second-order valence-corrected chi connectivity index (χ2v) is 8.94. The SMILES string of the molecule is CC(=O)OC1CC[C@@]2(C)C(=CCC3C4=CCC(O)[C@@]4(C)CCC32)C1. The fraction of sp³-hybridized carbons (Fsp3) is 0.762. The molecule has 0 aromatic carbocycles. The van der Waals surface area contributed by atoms with Crippen molar-refractivity contribution in [2.24, 2.45) is 22.7 Å². The average molecular weight is 330 g/mol. The van der Waals surface area contributed by atoms with Crippen LogP contribution < -0.4 is 0 Å². The zero-order valence-corrected chi connectivity index (χ0v) is 15.2. The summed E-state index contributed by atoms with van der Waals surface area (Å²) >= 11 is 0. The Hall–Kier alpha value is -1.09. The van der Waals surface area contributed by atoms with Crippen LogP contribution in [0.3, 0.4) is 0 Å². The number of aliphatic hydroxyl groups is 1. The van der Waals surface area contributed by atoms with Gasteiger partial charge in [-0.1, -0.05) is 37.1 Å². The van der Waals surface area contributed by atoms with Crippen molar-refractivity contribution in [1.29, 1.82) is 0 Å². The van der Waals surface area contributed by atoms with Crippen molar-refractivity contribution in [3.63, 3.8) is 0 Å². The average Bonchev–Trinajstić information content (AvgIpc) is 2.83. The second-order valence-electron chi connectivity index (χ2n) is 8.94. The molecule has 6 atom stereocenters. The minimum absolute atomic E-state index is 0.0117. The van der Waals surface area contributed by atoms with Crippen LogP contribution in [0.5, 0.6) is 0 Å². The lowest BCUT2D eigenvalue weighted by Crippen LogP contribution is -2.48. The van der Waals surface area contributed by atoms with Crippen molar-refractivity contribution in [2.75, 3.05) is 0 Å². The molecule has 0 bridgehead atoms. The standard InChI is InChI=1S/C21H30O3/c1-13(22)24-15-8-10-20(2)14(12-15)4-5-16-17-6-7-19(23)21(17,3)11-9-18(16)20/h4,6,15-16,18-19,23H,5,7-12H2,1-3H3/t15?,16?,18?,19?,20-,21-/m0/s1. The van der Waals surface area contributed by atoms with Gasteiger partial charge < -0.3 is 9.84 Å². The number of carbonyl (C=O) groups excluding carboxylic acids is 1. The predicted molar refractivity (Wildman–Crippen MR) is 93.2 cm³/mol. The smallest absolute Gasteiger partial charge is 0.302 e. The Labute approximate surface area is 145 Å². The highest BCUT2D eigenvalue weighted by atomic mass is 16.5. The van der Waals surface area contributed by atoms with Crippen LogP contribution in [0, 0.1) is 22.7 Å². The van der Waals surface area contributed by atoms with E-state index in [9.17, 15) is 9.90 Å². The van der Waals surface area contributed by atoms with Gasteiger partial charge in [-0.25, -0.2) is 0 Å². The van der Waals surface area contributed by atoms with E-state index in [1.807, 2.05) is 0 Å². The van der Waals surface area contributed by atoms with Crippen molar-refractivity contribution in [3.8, 4) is 0 Å². The van der Waals surface area contributed by atoms with Gasteiger partial charge in [-0.15, -0.1) is 0 Å². The van der Waals surface area contributed by atoms with Crippen LogP contribution in [0.2, 0.25) is 0 Å². The van der Waals surface area contributed by atoms with Gasteiger partial charge in [0, 0.05) is 18.8 Å². The van der Waals surface area contributed by atoms with Crippen LogP contribution in [-0.4, -0.2) is 23.3 Å². The molecule has 1 N–H and O–H groups in total. The molecule has 0 amide bonds. The number of rotatable bonds is 1. The van der Waals surface area contributed by atoms with E-state index in [4.69, 9.17) is 4.74 Å². The molecule has 2 saturated carbocycles. The quantitative estimate of drug-likeness (QED) is 0.580.